The lowest BCUT2D eigenvalue weighted by atomic mass is 9.84. The number of fused-ring (bicyclic) bond motifs is 1. The molecule has 2 fully saturated rings. The van der Waals surface area contributed by atoms with Crippen LogP contribution in [0.1, 0.15) is 11.9 Å². The Balaban J connectivity index is 1.74. The monoisotopic (exact) mass is 477 g/mol. The van der Waals surface area contributed by atoms with Gasteiger partial charge in [-0.3, -0.25) is 9.78 Å². The summed E-state index contributed by atoms with van der Waals surface area (Å²) >= 11 is 7.79. The van der Waals surface area contributed by atoms with Crippen LogP contribution in [0.3, 0.4) is 0 Å². The smallest absolute Gasteiger partial charge is 0.255 e. The molecule has 32 heavy (non-hydrogen) atoms. The Morgan fingerprint density at radius 2 is 2.16 bits per heavy atom. The van der Waals surface area contributed by atoms with Crippen LogP contribution in [0, 0.1) is 0 Å². The molecule has 168 valence electrons. The van der Waals surface area contributed by atoms with Gasteiger partial charge < -0.3 is 24.6 Å². The number of nitrogens with one attached hydrogen (secondary N) is 1. The first-order valence-corrected chi connectivity index (χ1v) is 10.9. The molecular weight excluding hydrogens is 458 g/mol. The normalized spacial score (nSPS) is 34.1. The molecule has 0 radical (unpaired) electrons. The highest BCUT2D eigenvalue weighted by molar-refractivity contribution is 7.99. The molecular formula is C20H20ClN5O5S. The summed E-state index contributed by atoms with van der Waals surface area (Å²) < 4.78 is 17.9. The van der Waals surface area contributed by atoms with E-state index in [0.717, 1.165) is 11.8 Å². The maximum absolute atomic E-state index is 12.9. The first-order valence-electron chi connectivity index (χ1n) is 9.66. The molecule has 2 saturated heterocycles. The number of nitrogens with zero attached hydrogens (tertiary/aromatic N) is 4. The largest absolute Gasteiger partial charge is 0.376 e. The maximum atomic E-state index is 12.9. The number of rotatable bonds is 5. The molecule has 2 aromatic rings. The zero-order chi connectivity index (χ0) is 22.8. The number of hydrogen-bond donors (Lipinski definition) is 2. The van der Waals surface area contributed by atoms with Crippen LogP contribution in [0.15, 0.2) is 64.9 Å². The van der Waals surface area contributed by atoms with Crippen molar-refractivity contribution in [2.24, 2.45) is 5.11 Å². The van der Waals surface area contributed by atoms with Gasteiger partial charge in [-0.05, 0) is 17.7 Å². The molecule has 3 heterocycles. The van der Waals surface area contributed by atoms with Crippen LogP contribution in [-0.4, -0.2) is 57.9 Å². The number of benzene rings is 1. The molecule has 4 rings (SSSR count). The Morgan fingerprint density at radius 3 is 2.81 bits per heavy atom. The van der Waals surface area contributed by atoms with Gasteiger partial charge in [-0.1, -0.05) is 58.8 Å². The van der Waals surface area contributed by atoms with E-state index in [1.165, 1.54) is 7.05 Å². The van der Waals surface area contributed by atoms with Gasteiger partial charge in [-0.15, -0.1) is 0 Å². The molecule has 1 aromatic heterocycles. The molecule has 2 aliphatic heterocycles. The third kappa shape index (κ3) is 4.04. The Morgan fingerprint density at radius 1 is 1.38 bits per heavy atom. The number of alkyl halides is 1. The molecule has 1 amide bonds. The number of hydrogen-bond acceptors (Lipinski definition) is 8. The van der Waals surface area contributed by atoms with Crippen LogP contribution in [0.2, 0.25) is 0 Å². The van der Waals surface area contributed by atoms with Crippen molar-refractivity contribution in [2.45, 2.75) is 39.4 Å². The lowest BCUT2D eigenvalue weighted by Gasteiger charge is -2.54. The van der Waals surface area contributed by atoms with Crippen LogP contribution >= 0.6 is 23.4 Å². The van der Waals surface area contributed by atoms with Gasteiger partial charge in [-0.2, -0.15) is 0 Å². The average Bonchev–Trinajstić information content (AvgIpc) is 2.82. The van der Waals surface area contributed by atoms with Gasteiger partial charge in [0.15, 0.2) is 17.0 Å². The van der Waals surface area contributed by atoms with E-state index < -0.39 is 40.4 Å². The fourth-order valence-electron chi connectivity index (χ4n) is 3.68. The Kier molecular flexibility index (Phi) is 6.59. The first kappa shape index (κ1) is 22.8. The van der Waals surface area contributed by atoms with E-state index in [4.69, 9.17) is 25.8 Å². The minimum atomic E-state index is -2.30. The summed E-state index contributed by atoms with van der Waals surface area (Å²) in [5.74, 6) is -0.804. The van der Waals surface area contributed by atoms with Crippen molar-refractivity contribution in [3.8, 4) is 0 Å². The summed E-state index contributed by atoms with van der Waals surface area (Å²) in [6.07, 6.45) is 1.09. The number of carbonyl (C=O) groups is 1. The van der Waals surface area contributed by atoms with E-state index in [9.17, 15) is 15.4 Å². The van der Waals surface area contributed by atoms with Crippen LogP contribution in [0.4, 0.5) is 0 Å². The van der Waals surface area contributed by atoms with Crippen LogP contribution in [0.25, 0.3) is 10.4 Å². The van der Waals surface area contributed by atoms with Gasteiger partial charge in [0.1, 0.15) is 17.6 Å². The maximum Gasteiger partial charge on any atom is 0.255 e. The third-order valence-corrected chi connectivity index (χ3v) is 6.84. The zero-order valence-corrected chi connectivity index (χ0v) is 18.4. The number of halogens is 1. The van der Waals surface area contributed by atoms with Crippen molar-refractivity contribution in [1.29, 1.82) is 0 Å². The van der Waals surface area contributed by atoms with Gasteiger partial charge in [0.25, 0.3) is 5.91 Å². The highest BCUT2D eigenvalue weighted by Gasteiger charge is 2.67. The molecule has 0 spiro atoms. The number of amides is 1. The molecule has 2 aliphatic rings. The molecule has 0 saturated carbocycles. The Hall–Kier alpha value is -2.37. The number of thioether (sulfide) groups is 1. The molecule has 0 bridgehead atoms. The number of aromatic nitrogens is 1. The van der Waals surface area contributed by atoms with E-state index in [2.05, 4.69) is 20.3 Å². The van der Waals surface area contributed by atoms with Gasteiger partial charge >= 0.3 is 0 Å². The van der Waals surface area contributed by atoms with Crippen LogP contribution in [0.5, 0.6) is 0 Å². The standard InChI is InChI=1S/C20H20ClN5O5S/c1-23-17(27)20(28)14(25-26-22)15-19(21,31-18(20)32-13-8-5-9-24-10-13)11-29-16(30-15)12-6-3-2-4-7-12/h2-10,14-16,18,28H,11H2,1H3,(H,23,27)/t14-,15+,16?,18+,19-,20-/m0/s1. The van der Waals surface area contributed by atoms with E-state index in [1.807, 2.05) is 18.2 Å². The molecule has 1 unspecified atom stereocenters. The summed E-state index contributed by atoms with van der Waals surface area (Å²) in [6.45, 7) is -0.135. The SMILES string of the molecule is CNC(=O)[C@]1(O)[C@@H](Sc2cccnc2)O[C@@]2(Cl)COC(c3ccccc3)O[C@@H]2[C@@H]1N=[N+]=[N-]. The quantitative estimate of drug-likeness (QED) is 0.292. The number of pyridine rings is 1. The Labute approximate surface area is 192 Å². The minimum Gasteiger partial charge on any atom is -0.376 e. The molecule has 1 aromatic carbocycles. The van der Waals surface area contributed by atoms with Crippen molar-refractivity contribution in [3.63, 3.8) is 0 Å². The Bertz CT molecular complexity index is 1010. The third-order valence-electron chi connectivity index (χ3n) is 5.24. The lowest BCUT2D eigenvalue weighted by Crippen LogP contribution is -2.74. The van der Waals surface area contributed by atoms with Gasteiger partial charge in [0, 0.05) is 34.8 Å². The van der Waals surface area contributed by atoms with Gasteiger partial charge in [-0.25, -0.2) is 0 Å². The highest BCUT2D eigenvalue weighted by atomic mass is 35.5. The lowest BCUT2D eigenvalue weighted by molar-refractivity contribution is -0.322. The summed E-state index contributed by atoms with van der Waals surface area (Å²) in [6, 6.07) is 11.1. The van der Waals surface area contributed by atoms with Gasteiger partial charge in [0.05, 0.1) is 6.61 Å². The number of likely N-dealkylation sites (N-methyl/N-ethyl adjacent to an activating group) is 1. The number of aliphatic hydroxyl groups is 1. The second-order valence-electron chi connectivity index (χ2n) is 7.21. The average molecular weight is 478 g/mol. The summed E-state index contributed by atoms with van der Waals surface area (Å²) in [4.78, 5) is 20.4. The summed E-state index contributed by atoms with van der Waals surface area (Å²) in [5.41, 5.74) is 6.41. The van der Waals surface area contributed by atoms with E-state index in [1.54, 1.807) is 36.7 Å². The van der Waals surface area contributed by atoms with Crippen molar-refractivity contribution >= 4 is 29.3 Å². The van der Waals surface area contributed by atoms with Crippen molar-refractivity contribution in [3.05, 3.63) is 70.9 Å². The van der Waals surface area contributed by atoms with E-state index in [-0.39, 0.29) is 6.61 Å². The summed E-state index contributed by atoms with van der Waals surface area (Å²) in [5, 5.41) is 16.2. The van der Waals surface area contributed by atoms with Crippen LogP contribution < -0.4 is 5.32 Å². The predicted octanol–water partition coefficient (Wildman–Crippen LogP) is 2.74. The molecule has 0 aliphatic carbocycles. The second kappa shape index (κ2) is 9.24. The van der Waals surface area contributed by atoms with Crippen LogP contribution in [-0.2, 0) is 19.0 Å². The van der Waals surface area contributed by atoms with Crippen molar-refractivity contribution in [1.82, 2.24) is 10.3 Å². The number of azide groups is 1. The number of carbonyl (C=O) groups excluding carboxylic acids is 1. The molecule has 12 heteroatoms. The van der Waals surface area contributed by atoms with E-state index >= 15 is 0 Å². The molecule has 2 N–H and O–H groups in total. The minimum absolute atomic E-state index is 0.135. The predicted molar refractivity (Wildman–Crippen MR) is 116 cm³/mol. The highest BCUT2D eigenvalue weighted by Crippen LogP contribution is 2.50. The summed E-state index contributed by atoms with van der Waals surface area (Å²) in [7, 11) is 1.36. The number of ether oxygens (including phenoxy) is 3. The molecule has 6 atom stereocenters. The fraction of sp³-hybridized carbons (Fsp3) is 0.400. The second-order valence-corrected chi connectivity index (χ2v) is 8.98. The molecule has 10 nitrogen and oxygen atoms in total. The van der Waals surface area contributed by atoms with Crippen molar-refractivity contribution in [2.75, 3.05) is 13.7 Å². The zero-order valence-electron chi connectivity index (χ0n) is 16.9. The van der Waals surface area contributed by atoms with E-state index in [0.29, 0.717) is 10.5 Å². The van der Waals surface area contributed by atoms with Gasteiger partial charge in [0.2, 0.25) is 0 Å². The van der Waals surface area contributed by atoms with Crippen molar-refractivity contribution < 1.29 is 24.1 Å². The topological polar surface area (TPSA) is 139 Å². The first-order chi connectivity index (χ1) is 15.4. The fourth-order valence-corrected chi connectivity index (χ4v) is 5.23.